The van der Waals surface area contributed by atoms with Gasteiger partial charge in [-0.2, -0.15) is 0 Å². The van der Waals surface area contributed by atoms with Crippen molar-refractivity contribution in [2.24, 2.45) is 5.92 Å². The molecule has 1 aromatic carbocycles. The van der Waals surface area contributed by atoms with Gasteiger partial charge in [0.15, 0.2) is 11.5 Å². The standard InChI is InChI=1S/C21H29N3O3S/c1-4-18(25)23-19(21-22-10-12-28-21)15-8-6-11-24(13-15)14-16-7-5-9-17(26-2)20(16)27-3/h5,7,9-10,12,15,19H,4,6,8,11,13-14H2,1-3H3,(H,23,25)/t15-,19+/m1/s1. The molecule has 1 N–H and O–H groups in total. The van der Waals surface area contributed by atoms with Crippen molar-refractivity contribution in [3.05, 3.63) is 40.3 Å². The maximum absolute atomic E-state index is 12.1. The molecule has 28 heavy (non-hydrogen) atoms. The predicted octanol–water partition coefficient (Wildman–Crippen LogP) is 3.64. The molecule has 2 heterocycles. The molecule has 0 saturated carbocycles. The molecule has 3 rings (SSSR count). The summed E-state index contributed by atoms with van der Waals surface area (Å²) in [6, 6.07) is 5.97. The van der Waals surface area contributed by atoms with Crippen LogP contribution in [0.5, 0.6) is 11.5 Å². The number of ether oxygens (including phenoxy) is 2. The SMILES string of the molecule is CCC(=O)N[C@H](c1nccs1)[C@@H]1CCCN(Cc2cccc(OC)c2OC)C1. The van der Waals surface area contributed by atoms with Crippen molar-refractivity contribution in [2.75, 3.05) is 27.3 Å². The van der Waals surface area contributed by atoms with E-state index in [1.165, 1.54) is 0 Å². The lowest BCUT2D eigenvalue weighted by molar-refractivity contribution is -0.122. The zero-order valence-electron chi connectivity index (χ0n) is 16.8. The summed E-state index contributed by atoms with van der Waals surface area (Å²) in [7, 11) is 3.34. The highest BCUT2D eigenvalue weighted by Gasteiger charge is 2.31. The van der Waals surface area contributed by atoms with Crippen LogP contribution in [0.3, 0.4) is 0 Å². The molecule has 1 aromatic heterocycles. The Morgan fingerprint density at radius 2 is 2.25 bits per heavy atom. The average molecular weight is 404 g/mol. The molecular formula is C21H29N3O3S. The van der Waals surface area contributed by atoms with Crippen molar-refractivity contribution in [3.8, 4) is 11.5 Å². The second kappa shape index (κ2) is 9.89. The van der Waals surface area contributed by atoms with Gasteiger partial charge in [-0.1, -0.05) is 19.1 Å². The molecule has 0 unspecified atom stereocenters. The lowest BCUT2D eigenvalue weighted by Gasteiger charge is -2.36. The number of carbonyl (C=O) groups excluding carboxylic acids is 1. The molecule has 6 nitrogen and oxygen atoms in total. The summed E-state index contributed by atoms with van der Waals surface area (Å²) < 4.78 is 11.0. The number of thiazole rings is 1. The van der Waals surface area contributed by atoms with E-state index >= 15 is 0 Å². The van der Waals surface area contributed by atoms with Crippen LogP contribution in [-0.2, 0) is 11.3 Å². The maximum atomic E-state index is 12.1. The molecule has 1 aliphatic rings. The number of para-hydroxylation sites is 1. The van der Waals surface area contributed by atoms with E-state index in [0.717, 1.165) is 54.5 Å². The third-order valence-electron chi connectivity index (χ3n) is 5.25. The first-order valence-corrected chi connectivity index (χ1v) is 10.6. The molecule has 2 atom stereocenters. The first-order valence-electron chi connectivity index (χ1n) is 9.77. The van der Waals surface area contributed by atoms with Crippen LogP contribution >= 0.6 is 11.3 Å². The molecule has 1 amide bonds. The van der Waals surface area contributed by atoms with Crippen molar-refractivity contribution >= 4 is 17.2 Å². The van der Waals surface area contributed by atoms with Crippen molar-refractivity contribution in [1.82, 2.24) is 15.2 Å². The summed E-state index contributed by atoms with van der Waals surface area (Å²) in [5, 5.41) is 6.17. The number of nitrogens with zero attached hydrogens (tertiary/aromatic N) is 2. The molecule has 0 spiro atoms. The van der Waals surface area contributed by atoms with Gasteiger partial charge in [-0.15, -0.1) is 11.3 Å². The third-order valence-corrected chi connectivity index (χ3v) is 6.11. The molecule has 0 aliphatic carbocycles. The van der Waals surface area contributed by atoms with Gasteiger partial charge < -0.3 is 14.8 Å². The number of carbonyl (C=O) groups is 1. The van der Waals surface area contributed by atoms with Crippen LogP contribution in [0.15, 0.2) is 29.8 Å². The van der Waals surface area contributed by atoms with Gasteiger partial charge in [0.05, 0.1) is 20.3 Å². The Hall–Kier alpha value is -2.12. The van der Waals surface area contributed by atoms with Crippen molar-refractivity contribution in [3.63, 3.8) is 0 Å². The number of hydrogen-bond donors (Lipinski definition) is 1. The van der Waals surface area contributed by atoms with Crippen LogP contribution in [-0.4, -0.2) is 43.1 Å². The molecule has 0 bridgehead atoms. The Bertz CT molecular complexity index is 766. The van der Waals surface area contributed by atoms with E-state index in [0.29, 0.717) is 12.3 Å². The zero-order valence-corrected chi connectivity index (χ0v) is 17.6. The van der Waals surface area contributed by atoms with Gasteiger partial charge in [-0.05, 0) is 31.4 Å². The number of aromatic nitrogens is 1. The Morgan fingerprint density at radius 1 is 1.39 bits per heavy atom. The lowest BCUT2D eigenvalue weighted by atomic mass is 9.90. The Morgan fingerprint density at radius 3 is 2.93 bits per heavy atom. The summed E-state index contributed by atoms with van der Waals surface area (Å²) >= 11 is 1.61. The number of amides is 1. The summed E-state index contributed by atoms with van der Waals surface area (Å²) in [6.45, 7) is 4.62. The Labute approximate surface area is 170 Å². The Kier molecular flexibility index (Phi) is 7.28. The van der Waals surface area contributed by atoms with Gasteiger partial charge in [0.25, 0.3) is 0 Å². The molecule has 1 saturated heterocycles. The topological polar surface area (TPSA) is 63.7 Å². The predicted molar refractivity (Wildman–Crippen MR) is 111 cm³/mol. The minimum absolute atomic E-state index is 0.0255. The third kappa shape index (κ3) is 4.83. The quantitative estimate of drug-likeness (QED) is 0.729. The lowest BCUT2D eigenvalue weighted by Crippen LogP contribution is -2.42. The van der Waals surface area contributed by atoms with Crippen LogP contribution in [0.2, 0.25) is 0 Å². The number of rotatable bonds is 8. The van der Waals surface area contributed by atoms with E-state index in [1.807, 2.05) is 30.6 Å². The molecule has 7 heteroatoms. The fourth-order valence-corrected chi connectivity index (χ4v) is 4.65. The minimum Gasteiger partial charge on any atom is -0.493 e. The Balaban J connectivity index is 1.75. The molecule has 152 valence electrons. The van der Waals surface area contributed by atoms with Crippen molar-refractivity contribution < 1.29 is 14.3 Å². The van der Waals surface area contributed by atoms with E-state index < -0.39 is 0 Å². The van der Waals surface area contributed by atoms with Crippen LogP contribution in [0.4, 0.5) is 0 Å². The van der Waals surface area contributed by atoms with Gasteiger partial charge in [-0.25, -0.2) is 4.98 Å². The summed E-state index contributed by atoms with van der Waals surface area (Å²) in [5.41, 5.74) is 1.12. The van der Waals surface area contributed by atoms with Gasteiger partial charge in [0, 0.05) is 36.7 Å². The molecule has 1 fully saturated rings. The van der Waals surface area contributed by atoms with E-state index in [2.05, 4.69) is 21.3 Å². The highest BCUT2D eigenvalue weighted by atomic mass is 32.1. The van der Waals surface area contributed by atoms with Crippen molar-refractivity contribution in [2.45, 2.75) is 38.8 Å². The maximum Gasteiger partial charge on any atom is 0.220 e. The van der Waals surface area contributed by atoms with Gasteiger partial charge >= 0.3 is 0 Å². The summed E-state index contributed by atoms with van der Waals surface area (Å²) in [5.74, 6) is 1.96. The van der Waals surface area contributed by atoms with Crippen molar-refractivity contribution in [1.29, 1.82) is 0 Å². The second-order valence-corrected chi connectivity index (χ2v) is 7.99. The number of benzene rings is 1. The van der Waals surface area contributed by atoms with E-state index in [4.69, 9.17) is 9.47 Å². The summed E-state index contributed by atoms with van der Waals surface area (Å²) in [6.07, 6.45) is 4.48. The largest absolute Gasteiger partial charge is 0.493 e. The minimum atomic E-state index is -0.0255. The zero-order chi connectivity index (χ0) is 19.9. The van der Waals surface area contributed by atoms with Crippen LogP contribution < -0.4 is 14.8 Å². The molecular weight excluding hydrogens is 374 g/mol. The van der Waals surface area contributed by atoms with E-state index in [9.17, 15) is 4.79 Å². The highest BCUT2D eigenvalue weighted by Crippen LogP contribution is 2.35. The molecule has 0 radical (unpaired) electrons. The van der Waals surface area contributed by atoms with Gasteiger partial charge in [0.2, 0.25) is 5.91 Å². The highest BCUT2D eigenvalue weighted by molar-refractivity contribution is 7.09. The van der Waals surface area contributed by atoms with Crippen LogP contribution in [0.1, 0.15) is 42.8 Å². The monoisotopic (exact) mass is 403 g/mol. The first kappa shape index (κ1) is 20.6. The fourth-order valence-electron chi connectivity index (χ4n) is 3.87. The van der Waals surface area contributed by atoms with Gasteiger partial charge in [-0.3, -0.25) is 9.69 Å². The van der Waals surface area contributed by atoms with Crippen LogP contribution in [0, 0.1) is 5.92 Å². The second-order valence-electron chi connectivity index (χ2n) is 7.06. The van der Waals surface area contributed by atoms with Gasteiger partial charge in [0.1, 0.15) is 5.01 Å². The van der Waals surface area contributed by atoms with Crippen LogP contribution in [0.25, 0.3) is 0 Å². The molecule has 2 aromatic rings. The van der Waals surface area contributed by atoms with E-state index in [1.54, 1.807) is 25.6 Å². The first-order chi connectivity index (χ1) is 13.7. The molecule has 1 aliphatic heterocycles. The van der Waals surface area contributed by atoms with E-state index in [-0.39, 0.29) is 11.9 Å². The normalized spacial score (nSPS) is 18.5. The number of hydrogen-bond acceptors (Lipinski definition) is 6. The average Bonchev–Trinajstić information content (AvgIpc) is 3.26. The smallest absolute Gasteiger partial charge is 0.220 e. The number of likely N-dealkylation sites (tertiary alicyclic amines) is 1. The fraction of sp³-hybridized carbons (Fsp3) is 0.524. The number of nitrogens with one attached hydrogen (secondary N) is 1. The number of methoxy groups -OCH3 is 2. The summed E-state index contributed by atoms with van der Waals surface area (Å²) in [4.78, 5) is 19.0. The number of piperidine rings is 1.